The monoisotopic (exact) mass is 265 g/mol. The zero-order valence-corrected chi connectivity index (χ0v) is 9.23. The van der Waals surface area contributed by atoms with Crippen molar-refractivity contribution in [3.63, 3.8) is 0 Å². The minimum Gasteiger partial charge on any atom is -0.488 e. The van der Waals surface area contributed by atoms with Crippen LogP contribution in [0.4, 0.5) is 13.2 Å². The number of aliphatic hydroxyl groups is 1. The van der Waals surface area contributed by atoms with Gasteiger partial charge in [0.15, 0.2) is 17.5 Å². The number of rotatable bonds is 4. The maximum atomic E-state index is 12.0. The van der Waals surface area contributed by atoms with Crippen molar-refractivity contribution >= 4 is 5.97 Å². The molecule has 1 aromatic rings. The van der Waals surface area contributed by atoms with Gasteiger partial charge >= 0.3 is 12.1 Å². The SMILES string of the molecule is Cc1ccc(OCC(O)C(F)(F)F)c(C(=O)O)n1. The summed E-state index contributed by atoms with van der Waals surface area (Å²) in [5.41, 5.74) is -0.111. The minimum absolute atomic E-state index is 0.323. The van der Waals surface area contributed by atoms with E-state index in [9.17, 15) is 18.0 Å². The highest BCUT2D eigenvalue weighted by Crippen LogP contribution is 2.22. The number of aliphatic hydroxyl groups excluding tert-OH is 1. The summed E-state index contributed by atoms with van der Waals surface area (Å²) < 4.78 is 40.7. The first-order chi connectivity index (χ1) is 8.21. The summed E-state index contributed by atoms with van der Waals surface area (Å²) in [6.07, 6.45) is -7.50. The smallest absolute Gasteiger partial charge is 0.417 e. The molecule has 0 saturated carbocycles. The molecule has 0 saturated heterocycles. The first-order valence-electron chi connectivity index (χ1n) is 4.80. The summed E-state index contributed by atoms with van der Waals surface area (Å²) in [6.45, 7) is 0.440. The summed E-state index contributed by atoms with van der Waals surface area (Å²) in [4.78, 5) is 14.4. The number of aromatic carboxylic acids is 1. The van der Waals surface area contributed by atoms with E-state index < -0.39 is 30.6 Å². The van der Waals surface area contributed by atoms with Crippen LogP contribution in [0.2, 0.25) is 0 Å². The van der Waals surface area contributed by atoms with E-state index in [1.165, 1.54) is 19.1 Å². The van der Waals surface area contributed by atoms with Crippen LogP contribution in [0.15, 0.2) is 12.1 Å². The number of ether oxygens (including phenoxy) is 1. The van der Waals surface area contributed by atoms with Gasteiger partial charge in [0, 0.05) is 5.69 Å². The maximum Gasteiger partial charge on any atom is 0.417 e. The van der Waals surface area contributed by atoms with Crippen LogP contribution in [-0.4, -0.2) is 40.1 Å². The van der Waals surface area contributed by atoms with Crippen LogP contribution in [0.1, 0.15) is 16.2 Å². The number of nitrogens with zero attached hydrogens (tertiary/aromatic N) is 1. The molecule has 5 nitrogen and oxygen atoms in total. The third-order valence-electron chi connectivity index (χ3n) is 1.97. The van der Waals surface area contributed by atoms with Crippen LogP contribution in [-0.2, 0) is 0 Å². The Balaban J connectivity index is 2.82. The molecule has 0 aliphatic carbocycles. The van der Waals surface area contributed by atoms with Crippen LogP contribution in [0.5, 0.6) is 5.75 Å². The first kappa shape index (κ1) is 14.2. The van der Waals surface area contributed by atoms with Gasteiger partial charge in [-0.2, -0.15) is 13.2 Å². The quantitative estimate of drug-likeness (QED) is 0.860. The Morgan fingerprint density at radius 1 is 1.50 bits per heavy atom. The fraction of sp³-hybridized carbons (Fsp3) is 0.400. The third kappa shape index (κ3) is 3.59. The number of alkyl halides is 3. The van der Waals surface area contributed by atoms with Gasteiger partial charge in [0.05, 0.1) is 0 Å². The molecule has 18 heavy (non-hydrogen) atoms. The van der Waals surface area contributed by atoms with Gasteiger partial charge in [-0.25, -0.2) is 9.78 Å². The first-order valence-corrected chi connectivity index (χ1v) is 4.80. The number of hydrogen-bond donors (Lipinski definition) is 2. The highest BCUT2D eigenvalue weighted by molar-refractivity contribution is 5.88. The molecule has 1 heterocycles. The number of aryl methyl sites for hydroxylation is 1. The molecule has 1 atom stereocenters. The Morgan fingerprint density at radius 3 is 2.61 bits per heavy atom. The van der Waals surface area contributed by atoms with Crippen molar-refractivity contribution < 1.29 is 32.9 Å². The summed E-state index contributed by atoms with van der Waals surface area (Å²) in [5, 5.41) is 17.5. The van der Waals surface area contributed by atoms with Crippen molar-refractivity contribution in [1.29, 1.82) is 0 Å². The lowest BCUT2D eigenvalue weighted by molar-refractivity contribution is -0.210. The molecule has 0 aromatic carbocycles. The van der Waals surface area contributed by atoms with Crippen LogP contribution < -0.4 is 4.74 Å². The predicted molar refractivity (Wildman–Crippen MR) is 53.5 cm³/mol. The Kier molecular flexibility index (Phi) is 4.12. The van der Waals surface area contributed by atoms with Gasteiger partial charge in [0.1, 0.15) is 6.61 Å². The van der Waals surface area contributed by atoms with Crippen molar-refractivity contribution in [1.82, 2.24) is 4.98 Å². The summed E-state index contributed by atoms with van der Waals surface area (Å²) in [5.74, 6) is -1.74. The van der Waals surface area contributed by atoms with Gasteiger partial charge in [-0.05, 0) is 19.1 Å². The van der Waals surface area contributed by atoms with E-state index in [4.69, 9.17) is 10.2 Å². The zero-order valence-electron chi connectivity index (χ0n) is 9.23. The molecule has 0 aliphatic rings. The topological polar surface area (TPSA) is 79.7 Å². The van der Waals surface area contributed by atoms with E-state index in [1.807, 2.05) is 0 Å². The van der Waals surface area contributed by atoms with E-state index in [-0.39, 0.29) is 5.75 Å². The van der Waals surface area contributed by atoms with Crippen molar-refractivity contribution in [2.24, 2.45) is 0 Å². The largest absolute Gasteiger partial charge is 0.488 e. The number of aromatic nitrogens is 1. The van der Waals surface area contributed by atoms with Crippen LogP contribution >= 0.6 is 0 Å². The fourth-order valence-corrected chi connectivity index (χ4v) is 1.08. The molecule has 0 fully saturated rings. The van der Waals surface area contributed by atoms with Gasteiger partial charge in [-0.1, -0.05) is 0 Å². The van der Waals surface area contributed by atoms with Crippen molar-refractivity contribution in [2.45, 2.75) is 19.2 Å². The molecule has 0 bridgehead atoms. The summed E-state index contributed by atoms with van der Waals surface area (Å²) in [7, 11) is 0. The van der Waals surface area contributed by atoms with E-state index in [2.05, 4.69) is 9.72 Å². The van der Waals surface area contributed by atoms with Crippen LogP contribution in [0, 0.1) is 6.92 Å². The van der Waals surface area contributed by atoms with Crippen molar-refractivity contribution in [3.8, 4) is 5.75 Å². The minimum atomic E-state index is -4.82. The second-order valence-electron chi connectivity index (χ2n) is 3.47. The Labute approximate surface area is 99.8 Å². The molecule has 1 aromatic heterocycles. The van der Waals surface area contributed by atoms with E-state index >= 15 is 0 Å². The van der Waals surface area contributed by atoms with Gasteiger partial charge in [0.2, 0.25) is 0 Å². The third-order valence-corrected chi connectivity index (χ3v) is 1.97. The molecule has 8 heteroatoms. The Morgan fingerprint density at radius 2 is 2.11 bits per heavy atom. The van der Waals surface area contributed by atoms with E-state index in [0.29, 0.717) is 5.69 Å². The number of pyridine rings is 1. The fourth-order valence-electron chi connectivity index (χ4n) is 1.08. The summed E-state index contributed by atoms with van der Waals surface area (Å²) in [6, 6.07) is 2.58. The standard InChI is InChI=1S/C10H10F3NO4/c1-5-2-3-6(8(14-5)9(16)17)18-4-7(15)10(11,12)13/h2-3,7,15H,4H2,1H3,(H,16,17). The molecule has 0 radical (unpaired) electrons. The number of carboxylic acids is 1. The molecule has 1 unspecified atom stereocenters. The van der Waals surface area contributed by atoms with Gasteiger partial charge in [0.25, 0.3) is 0 Å². The zero-order chi connectivity index (χ0) is 13.9. The Bertz CT molecular complexity index is 447. The van der Waals surface area contributed by atoms with Crippen LogP contribution in [0.3, 0.4) is 0 Å². The van der Waals surface area contributed by atoms with Crippen molar-refractivity contribution in [3.05, 3.63) is 23.5 Å². The lowest BCUT2D eigenvalue weighted by Crippen LogP contribution is -2.34. The second-order valence-corrected chi connectivity index (χ2v) is 3.47. The average molecular weight is 265 g/mol. The number of carboxylic acid groups (broad SMARTS) is 1. The highest BCUT2D eigenvalue weighted by Gasteiger charge is 2.39. The van der Waals surface area contributed by atoms with E-state index in [1.54, 1.807) is 0 Å². The maximum absolute atomic E-state index is 12.0. The highest BCUT2D eigenvalue weighted by atomic mass is 19.4. The lowest BCUT2D eigenvalue weighted by Gasteiger charge is -2.16. The van der Waals surface area contributed by atoms with Crippen molar-refractivity contribution in [2.75, 3.05) is 6.61 Å². The molecule has 100 valence electrons. The molecule has 0 spiro atoms. The molecule has 1 rings (SSSR count). The van der Waals surface area contributed by atoms with E-state index in [0.717, 1.165) is 0 Å². The summed E-state index contributed by atoms with van der Waals surface area (Å²) >= 11 is 0. The van der Waals surface area contributed by atoms with Gasteiger partial charge in [-0.15, -0.1) is 0 Å². The Hall–Kier alpha value is -1.83. The molecule has 0 amide bonds. The number of hydrogen-bond acceptors (Lipinski definition) is 4. The number of carbonyl (C=O) groups is 1. The lowest BCUT2D eigenvalue weighted by atomic mass is 10.3. The van der Waals surface area contributed by atoms with Crippen LogP contribution in [0.25, 0.3) is 0 Å². The molecular weight excluding hydrogens is 255 g/mol. The number of halogens is 3. The van der Waals surface area contributed by atoms with Gasteiger partial charge < -0.3 is 14.9 Å². The normalized spacial score (nSPS) is 13.2. The molecule has 0 aliphatic heterocycles. The predicted octanol–water partition coefficient (Wildman–Crippen LogP) is 1.39. The average Bonchev–Trinajstić information content (AvgIpc) is 2.25. The molecular formula is C10H10F3NO4. The molecule has 2 N–H and O–H groups in total. The van der Waals surface area contributed by atoms with Gasteiger partial charge in [-0.3, -0.25) is 0 Å². The second kappa shape index (κ2) is 5.21.